The van der Waals surface area contributed by atoms with Crippen molar-refractivity contribution in [2.75, 3.05) is 11.9 Å². The number of nitrogens with one attached hydrogen (secondary N) is 1. The van der Waals surface area contributed by atoms with E-state index in [1.165, 1.54) is 4.31 Å². The molecule has 1 heterocycles. The minimum atomic E-state index is -3.73. The molecule has 1 saturated heterocycles. The third-order valence-electron chi connectivity index (χ3n) is 5.03. The minimum Gasteiger partial charge on any atom is -0.457 e. The molecule has 0 bridgehead atoms. The van der Waals surface area contributed by atoms with E-state index >= 15 is 0 Å². The van der Waals surface area contributed by atoms with Crippen molar-refractivity contribution in [3.63, 3.8) is 0 Å². The lowest BCUT2D eigenvalue weighted by Crippen LogP contribution is -2.43. The molecule has 6 nitrogen and oxygen atoms in total. The van der Waals surface area contributed by atoms with Crippen LogP contribution >= 0.6 is 11.6 Å². The summed E-state index contributed by atoms with van der Waals surface area (Å²) in [5.41, 5.74) is 0.567. The minimum absolute atomic E-state index is 0.193. The average Bonchev–Trinajstić information content (AvgIpc) is 3.28. The molecule has 0 saturated carbocycles. The van der Waals surface area contributed by atoms with Gasteiger partial charge in [0.05, 0.1) is 4.90 Å². The molecule has 0 aliphatic carbocycles. The molecule has 4 rings (SSSR count). The molecule has 0 aromatic heterocycles. The van der Waals surface area contributed by atoms with Gasteiger partial charge in [0.15, 0.2) is 0 Å². The summed E-state index contributed by atoms with van der Waals surface area (Å²) in [7, 11) is -3.73. The molecule has 1 aliphatic heterocycles. The van der Waals surface area contributed by atoms with Gasteiger partial charge in [-0.15, -0.1) is 0 Å². The van der Waals surface area contributed by atoms with E-state index in [2.05, 4.69) is 5.32 Å². The highest BCUT2D eigenvalue weighted by molar-refractivity contribution is 7.89. The molecule has 0 radical (unpaired) electrons. The average molecular weight is 457 g/mol. The number of rotatable bonds is 6. The van der Waals surface area contributed by atoms with E-state index in [0.29, 0.717) is 41.6 Å². The highest BCUT2D eigenvalue weighted by atomic mass is 35.5. The van der Waals surface area contributed by atoms with E-state index in [4.69, 9.17) is 16.3 Å². The zero-order valence-corrected chi connectivity index (χ0v) is 18.1. The lowest BCUT2D eigenvalue weighted by molar-refractivity contribution is -0.119. The number of nitrogens with zero attached hydrogens (tertiary/aromatic N) is 1. The van der Waals surface area contributed by atoms with Gasteiger partial charge in [-0.05, 0) is 73.5 Å². The monoisotopic (exact) mass is 456 g/mol. The van der Waals surface area contributed by atoms with Gasteiger partial charge in [0.2, 0.25) is 15.9 Å². The van der Waals surface area contributed by atoms with Crippen molar-refractivity contribution in [1.29, 1.82) is 0 Å². The Morgan fingerprint density at radius 1 is 0.935 bits per heavy atom. The Hall–Kier alpha value is -2.87. The van der Waals surface area contributed by atoms with Gasteiger partial charge in [-0.1, -0.05) is 29.8 Å². The summed E-state index contributed by atoms with van der Waals surface area (Å²) >= 11 is 5.87. The zero-order chi connectivity index (χ0) is 21.8. The Balaban J connectivity index is 1.43. The molecule has 1 N–H and O–H groups in total. The van der Waals surface area contributed by atoms with Crippen LogP contribution in [-0.4, -0.2) is 31.2 Å². The van der Waals surface area contributed by atoms with Crippen LogP contribution in [0.2, 0.25) is 5.02 Å². The molecular formula is C23H21ClN2O4S. The van der Waals surface area contributed by atoms with Gasteiger partial charge in [-0.2, -0.15) is 4.31 Å². The topological polar surface area (TPSA) is 75.7 Å². The molecule has 1 amide bonds. The summed E-state index contributed by atoms with van der Waals surface area (Å²) in [5, 5.41) is 3.44. The first-order valence-corrected chi connectivity index (χ1v) is 11.7. The smallest absolute Gasteiger partial charge is 0.243 e. The molecule has 3 aromatic carbocycles. The fourth-order valence-electron chi connectivity index (χ4n) is 3.49. The van der Waals surface area contributed by atoms with Gasteiger partial charge in [0.25, 0.3) is 0 Å². The quantitative estimate of drug-likeness (QED) is 0.571. The summed E-state index contributed by atoms with van der Waals surface area (Å²) in [4.78, 5) is 13.0. The van der Waals surface area contributed by atoms with Crippen LogP contribution in [0.3, 0.4) is 0 Å². The van der Waals surface area contributed by atoms with Crippen molar-refractivity contribution in [2.45, 2.75) is 23.8 Å². The highest BCUT2D eigenvalue weighted by Gasteiger charge is 2.39. The number of halogens is 1. The van der Waals surface area contributed by atoms with Crippen LogP contribution in [0.5, 0.6) is 11.5 Å². The lowest BCUT2D eigenvalue weighted by atomic mass is 10.2. The van der Waals surface area contributed by atoms with E-state index in [9.17, 15) is 13.2 Å². The van der Waals surface area contributed by atoms with Gasteiger partial charge < -0.3 is 10.1 Å². The third-order valence-corrected chi connectivity index (χ3v) is 7.20. The number of carbonyl (C=O) groups excluding carboxylic acids is 1. The molecular weight excluding hydrogens is 436 g/mol. The maximum Gasteiger partial charge on any atom is 0.243 e. The number of benzene rings is 3. The van der Waals surface area contributed by atoms with Crippen LogP contribution in [0.1, 0.15) is 12.8 Å². The van der Waals surface area contributed by atoms with E-state index in [1.54, 1.807) is 78.9 Å². The van der Waals surface area contributed by atoms with Crippen molar-refractivity contribution < 1.29 is 17.9 Å². The van der Waals surface area contributed by atoms with Gasteiger partial charge in [-0.3, -0.25) is 4.79 Å². The lowest BCUT2D eigenvalue weighted by Gasteiger charge is -2.23. The van der Waals surface area contributed by atoms with Gasteiger partial charge in [-0.25, -0.2) is 8.42 Å². The van der Waals surface area contributed by atoms with Gasteiger partial charge in [0.1, 0.15) is 17.5 Å². The Morgan fingerprint density at radius 2 is 1.55 bits per heavy atom. The van der Waals surface area contributed by atoms with Gasteiger partial charge in [0, 0.05) is 17.3 Å². The number of ether oxygens (including phenoxy) is 1. The molecule has 31 heavy (non-hydrogen) atoms. The van der Waals surface area contributed by atoms with Gasteiger partial charge >= 0.3 is 0 Å². The zero-order valence-electron chi connectivity index (χ0n) is 16.6. The largest absolute Gasteiger partial charge is 0.457 e. The molecule has 0 unspecified atom stereocenters. The molecule has 1 fully saturated rings. The fourth-order valence-corrected chi connectivity index (χ4v) is 5.29. The Morgan fingerprint density at radius 3 is 2.19 bits per heavy atom. The maximum atomic E-state index is 13.0. The number of hydrogen-bond acceptors (Lipinski definition) is 4. The van der Waals surface area contributed by atoms with Crippen LogP contribution in [0.25, 0.3) is 0 Å². The fraction of sp³-hybridized carbons (Fsp3) is 0.174. The molecule has 0 spiro atoms. The molecule has 3 aromatic rings. The number of amides is 1. The number of hydrogen-bond donors (Lipinski definition) is 1. The van der Waals surface area contributed by atoms with E-state index < -0.39 is 16.1 Å². The molecule has 1 atom stereocenters. The van der Waals surface area contributed by atoms with Crippen LogP contribution < -0.4 is 10.1 Å². The first kappa shape index (κ1) is 21.4. The predicted molar refractivity (Wildman–Crippen MR) is 120 cm³/mol. The molecule has 160 valence electrons. The SMILES string of the molecule is O=C(Nc1ccc(Oc2ccc(Cl)cc2)cc1)[C@@H]1CCCN1S(=O)(=O)c1ccccc1. The maximum absolute atomic E-state index is 13.0. The Kier molecular flexibility index (Phi) is 6.27. The standard InChI is InChI=1S/C23H21ClN2O4S/c24-17-8-12-19(13-9-17)30-20-14-10-18(11-15-20)25-23(27)22-7-4-16-26(22)31(28,29)21-5-2-1-3-6-21/h1-3,5-6,8-15,22H,4,7,16H2,(H,25,27)/t22-/m0/s1. The highest BCUT2D eigenvalue weighted by Crippen LogP contribution is 2.28. The van der Waals surface area contributed by atoms with Crippen LogP contribution in [0.15, 0.2) is 83.8 Å². The third kappa shape index (κ3) is 4.90. The van der Waals surface area contributed by atoms with E-state index in [1.807, 2.05) is 0 Å². The summed E-state index contributed by atoms with van der Waals surface area (Å²) in [6.07, 6.45) is 1.12. The summed E-state index contributed by atoms with van der Waals surface area (Å²) in [6.45, 7) is 0.323. The van der Waals surface area contributed by atoms with Crippen LogP contribution in [0, 0.1) is 0 Å². The normalized spacial score (nSPS) is 16.7. The Labute approximate surface area is 186 Å². The predicted octanol–water partition coefficient (Wildman–Crippen LogP) is 4.92. The number of carbonyl (C=O) groups is 1. The van der Waals surface area contributed by atoms with Crippen molar-refractivity contribution in [1.82, 2.24) is 4.31 Å². The first-order valence-electron chi connectivity index (χ1n) is 9.85. The van der Waals surface area contributed by atoms with Crippen molar-refractivity contribution in [3.8, 4) is 11.5 Å². The second-order valence-electron chi connectivity index (χ2n) is 7.16. The molecule has 1 aliphatic rings. The van der Waals surface area contributed by atoms with Crippen molar-refractivity contribution in [2.24, 2.45) is 0 Å². The number of anilines is 1. The second kappa shape index (κ2) is 9.09. The van der Waals surface area contributed by atoms with Crippen molar-refractivity contribution >= 4 is 33.2 Å². The number of sulfonamides is 1. The summed E-state index contributed by atoms with van der Waals surface area (Å²) in [6, 6.07) is 21.4. The van der Waals surface area contributed by atoms with E-state index in [0.717, 1.165) is 0 Å². The van der Waals surface area contributed by atoms with Crippen LogP contribution in [0.4, 0.5) is 5.69 Å². The molecule has 8 heteroatoms. The van der Waals surface area contributed by atoms with Crippen LogP contribution in [-0.2, 0) is 14.8 Å². The second-order valence-corrected chi connectivity index (χ2v) is 9.48. The summed E-state index contributed by atoms with van der Waals surface area (Å²) in [5.74, 6) is 0.909. The Bertz CT molecular complexity index is 1150. The first-order chi connectivity index (χ1) is 14.9. The summed E-state index contributed by atoms with van der Waals surface area (Å²) < 4.78 is 33.0. The van der Waals surface area contributed by atoms with Crippen molar-refractivity contribution in [3.05, 3.63) is 83.9 Å². The van der Waals surface area contributed by atoms with E-state index in [-0.39, 0.29) is 10.8 Å².